The minimum absolute atomic E-state index is 0.0242. The molecule has 0 fully saturated rings. The highest BCUT2D eigenvalue weighted by molar-refractivity contribution is 7.12. The Labute approximate surface area is 142 Å². The number of hydrogen-bond donors (Lipinski definition) is 2. The molecule has 2 amide bonds. The third-order valence-electron chi connectivity index (χ3n) is 3.20. The van der Waals surface area contributed by atoms with Crippen LogP contribution >= 0.6 is 11.3 Å². The second kappa shape index (κ2) is 10.4. The van der Waals surface area contributed by atoms with E-state index in [0.29, 0.717) is 23.9 Å². The van der Waals surface area contributed by atoms with Crippen LogP contribution in [0.25, 0.3) is 0 Å². The van der Waals surface area contributed by atoms with Crippen molar-refractivity contribution in [2.45, 2.75) is 40.2 Å². The summed E-state index contributed by atoms with van der Waals surface area (Å²) in [6, 6.07) is 3.05. The van der Waals surface area contributed by atoms with E-state index in [0.717, 1.165) is 13.0 Å². The van der Waals surface area contributed by atoms with Crippen LogP contribution < -0.4 is 10.6 Å². The second-order valence-electron chi connectivity index (χ2n) is 6.29. The van der Waals surface area contributed by atoms with Gasteiger partial charge in [-0.05, 0) is 29.7 Å². The lowest BCUT2D eigenvalue weighted by atomic mass is 10.0. The van der Waals surface area contributed by atoms with Gasteiger partial charge in [-0.2, -0.15) is 0 Å². The smallest absolute Gasteiger partial charge is 0.262 e. The molecule has 0 bridgehead atoms. The zero-order valence-electron chi connectivity index (χ0n) is 14.4. The minimum atomic E-state index is -0.527. The highest BCUT2D eigenvalue weighted by atomic mass is 32.1. The van der Waals surface area contributed by atoms with Gasteiger partial charge in [0.25, 0.3) is 5.91 Å². The molecule has 0 aliphatic rings. The highest BCUT2D eigenvalue weighted by Gasteiger charge is 2.24. The van der Waals surface area contributed by atoms with Crippen LogP contribution in [-0.2, 0) is 9.53 Å². The number of amides is 2. The average molecular weight is 340 g/mol. The molecular weight excluding hydrogens is 312 g/mol. The molecule has 0 aromatic carbocycles. The molecule has 0 spiro atoms. The van der Waals surface area contributed by atoms with Crippen molar-refractivity contribution in [3.8, 4) is 0 Å². The highest BCUT2D eigenvalue weighted by Crippen LogP contribution is 2.10. The molecule has 2 N–H and O–H groups in total. The van der Waals surface area contributed by atoms with Crippen molar-refractivity contribution in [3.63, 3.8) is 0 Å². The van der Waals surface area contributed by atoms with Gasteiger partial charge in [0.15, 0.2) is 0 Å². The molecule has 0 saturated carbocycles. The molecule has 0 aliphatic carbocycles. The van der Waals surface area contributed by atoms with Crippen LogP contribution in [0.5, 0.6) is 0 Å². The summed E-state index contributed by atoms with van der Waals surface area (Å²) in [7, 11) is 0. The van der Waals surface area contributed by atoms with Gasteiger partial charge in [-0.15, -0.1) is 11.3 Å². The summed E-state index contributed by atoms with van der Waals surface area (Å²) < 4.78 is 5.48. The zero-order valence-corrected chi connectivity index (χ0v) is 15.2. The van der Waals surface area contributed by atoms with Crippen LogP contribution in [0.1, 0.15) is 43.8 Å². The standard InChI is InChI=1S/C17H28N2O3S/c1-12(2)11-22-9-6-8-18-17(21)15(13(3)4)19-16(20)14-7-5-10-23-14/h5,7,10,12-13,15H,6,8-9,11H2,1-4H3,(H,18,21)(H,19,20). The Kier molecular flexibility index (Phi) is 8.87. The zero-order chi connectivity index (χ0) is 17.2. The molecule has 23 heavy (non-hydrogen) atoms. The first kappa shape index (κ1) is 19.6. The first-order chi connectivity index (χ1) is 10.9. The maximum Gasteiger partial charge on any atom is 0.262 e. The van der Waals surface area contributed by atoms with Gasteiger partial charge < -0.3 is 15.4 Å². The van der Waals surface area contributed by atoms with Crippen LogP contribution in [0.3, 0.4) is 0 Å². The van der Waals surface area contributed by atoms with E-state index >= 15 is 0 Å². The second-order valence-corrected chi connectivity index (χ2v) is 7.23. The Morgan fingerprint density at radius 1 is 1.26 bits per heavy atom. The number of carbonyl (C=O) groups excluding carboxylic acids is 2. The fourth-order valence-corrected chi connectivity index (χ4v) is 2.60. The van der Waals surface area contributed by atoms with Crippen molar-refractivity contribution >= 4 is 23.2 Å². The molecule has 0 radical (unpaired) electrons. The summed E-state index contributed by atoms with van der Waals surface area (Å²) in [5.74, 6) is 0.196. The SMILES string of the molecule is CC(C)COCCCNC(=O)C(NC(=O)c1cccs1)C(C)C. The largest absolute Gasteiger partial charge is 0.381 e. The fraction of sp³-hybridized carbons (Fsp3) is 0.647. The summed E-state index contributed by atoms with van der Waals surface area (Å²) in [4.78, 5) is 25.0. The van der Waals surface area contributed by atoms with E-state index in [-0.39, 0.29) is 17.7 Å². The number of carbonyl (C=O) groups is 2. The molecule has 1 aromatic rings. The van der Waals surface area contributed by atoms with Gasteiger partial charge in [0, 0.05) is 19.8 Å². The van der Waals surface area contributed by atoms with Crippen molar-refractivity contribution in [3.05, 3.63) is 22.4 Å². The Morgan fingerprint density at radius 3 is 2.57 bits per heavy atom. The molecule has 0 saturated heterocycles. The third-order valence-corrected chi connectivity index (χ3v) is 4.07. The first-order valence-corrected chi connectivity index (χ1v) is 8.99. The molecule has 1 heterocycles. The topological polar surface area (TPSA) is 67.4 Å². The van der Waals surface area contributed by atoms with Crippen molar-refractivity contribution in [1.29, 1.82) is 0 Å². The Bertz CT molecular complexity index is 472. The fourth-order valence-electron chi connectivity index (χ4n) is 1.97. The number of thiophene rings is 1. The van der Waals surface area contributed by atoms with E-state index in [1.54, 1.807) is 6.07 Å². The van der Waals surface area contributed by atoms with Crippen LogP contribution in [0, 0.1) is 11.8 Å². The van der Waals surface area contributed by atoms with Gasteiger partial charge >= 0.3 is 0 Å². The summed E-state index contributed by atoms with van der Waals surface area (Å²) in [5, 5.41) is 7.53. The molecular formula is C17H28N2O3S. The third kappa shape index (κ3) is 7.61. The van der Waals surface area contributed by atoms with E-state index in [2.05, 4.69) is 24.5 Å². The predicted octanol–water partition coefficient (Wildman–Crippen LogP) is 2.68. The monoisotopic (exact) mass is 340 g/mol. The van der Waals surface area contributed by atoms with E-state index in [4.69, 9.17) is 4.74 Å². The average Bonchev–Trinajstić information content (AvgIpc) is 3.01. The van der Waals surface area contributed by atoms with E-state index in [1.165, 1.54) is 11.3 Å². The van der Waals surface area contributed by atoms with Crippen LogP contribution in [-0.4, -0.2) is 37.6 Å². The Morgan fingerprint density at radius 2 is 2.00 bits per heavy atom. The summed E-state index contributed by atoms with van der Waals surface area (Å²) in [5.41, 5.74) is 0. The summed E-state index contributed by atoms with van der Waals surface area (Å²) in [6.45, 7) is 9.97. The summed E-state index contributed by atoms with van der Waals surface area (Å²) >= 11 is 1.37. The maximum atomic E-state index is 12.3. The van der Waals surface area contributed by atoms with Gasteiger partial charge in [-0.1, -0.05) is 33.8 Å². The molecule has 130 valence electrons. The molecule has 1 rings (SSSR count). The van der Waals surface area contributed by atoms with E-state index in [1.807, 2.05) is 25.3 Å². The van der Waals surface area contributed by atoms with Gasteiger partial charge in [0.2, 0.25) is 5.91 Å². The van der Waals surface area contributed by atoms with Crippen LogP contribution in [0.2, 0.25) is 0 Å². The van der Waals surface area contributed by atoms with Gasteiger partial charge in [-0.25, -0.2) is 0 Å². The maximum absolute atomic E-state index is 12.3. The molecule has 5 nitrogen and oxygen atoms in total. The Balaban J connectivity index is 2.35. The number of rotatable bonds is 10. The lowest BCUT2D eigenvalue weighted by Crippen LogP contribution is -2.49. The number of hydrogen-bond acceptors (Lipinski definition) is 4. The molecule has 0 aliphatic heterocycles. The first-order valence-electron chi connectivity index (χ1n) is 8.11. The molecule has 1 atom stereocenters. The minimum Gasteiger partial charge on any atom is -0.381 e. The van der Waals surface area contributed by atoms with Gasteiger partial charge in [0.1, 0.15) is 6.04 Å². The number of nitrogens with one attached hydrogen (secondary N) is 2. The number of ether oxygens (including phenoxy) is 1. The molecule has 6 heteroatoms. The van der Waals surface area contributed by atoms with Gasteiger partial charge in [0.05, 0.1) is 4.88 Å². The van der Waals surface area contributed by atoms with Gasteiger partial charge in [-0.3, -0.25) is 9.59 Å². The lowest BCUT2D eigenvalue weighted by molar-refractivity contribution is -0.124. The normalized spacial score (nSPS) is 12.4. The van der Waals surface area contributed by atoms with Crippen molar-refractivity contribution in [2.24, 2.45) is 11.8 Å². The quantitative estimate of drug-likeness (QED) is 0.644. The summed E-state index contributed by atoms with van der Waals surface area (Å²) in [6.07, 6.45) is 0.766. The lowest BCUT2D eigenvalue weighted by Gasteiger charge is -2.21. The van der Waals surface area contributed by atoms with E-state index in [9.17, 15) is 9.59 Å². The van der Waals surface area contributed by atoms with Crippen molar-refractivity contribution in [1.82, 2.24) is 10.6 Å². The van der Waals surface area contributed by atoms with Crippen LogP contribution in [0.4, 0.5) is 0 Å². The van der Waals surface area contributed by atoms with Crippen LogP contribution in [0.15, 0.2) is 17.5 Å². The van der Waals surface area contributed by atoms with Crippen molar-refractivity contribution in [2.75, 3.05) is 19.8 Å². The predicted molar refractivity (Wildman–Crippen MR) is 93.7 cm³/mol. The Hall–Kier alpha value is -1.40. The van der Waals surface area contributed by atoms with Crippen molar-refractivity contribution < 1.29 is 14.3 Å². The van der Waals surface area contributed by atoms with E-state index < -0.39 is 6.04 Å². The molecule has 1 unspecified atom stereocenters. The molecule has 1 aromatic heterocycles.